The highest BCUT2D eigenvalue weighted by Gasteiger charge is 2.10. The van der Waals surface area contributed by atoms with E-state index in [1.54, 1.807) is 42.5 Å². The van der Waals surface area contributed by atoms with Crippen LogP contribution in [0, 0.1) is 5.82 Å². The Bertz CT molecular complexity index is 1090. The van der Waals surface area contributed by atoms with Gasteiger partial charge in [0.1, 0.15) is 42.2 Å². The van der Waals surface area contributed by atoms with Crippen molar-refractivity contribution in [2.24, 2.45) is 21.5 Å². The highest BCUT2D eigenvalue weighted by atomic mass is 35.5. The van der Waals surface area contributed by atoms with Crippen molar-refractivity contribution in [3.8, 4) is 11.5 Å². The first-order valence-electron chi connectivity index (χ1n) is 11.6. The molecule has 200 valence electrons. The molecule has 4 N–H and O–H groups in total. The van der Waals surface area contributed by atoms with Crippen LogP contribution in [0.5, 0.6) is 11.5 Å². The Morgan fingerprint density at radius 3 is 1.35 bits per heavy atom. The van der Waals surface area contributed by atoms with Crippen LogP contribution in [0.3, 0.4) is 0 Å². The molecule has 0 atom stereocenters. The smallest absolute Gasteiger partial charge is 0.136 e. The van der Waals surface area contributed by atoms with Crippen molar-refractivity contribution in [1.29, 1.82) is 0 Å². The molecule has 0 heterocycles. The Labute approximate surface area is 230 Å². The van der Waals surface area contributed by atoms with Gasteiger partial charge >= 0.3 is 0 Å². The van der Waals surface area contributed by atoms with Crippen LogP contribution in [-0.4, -0.2) is 23.8 Å². The zero-order valence-corrected chi connectivity index (χ0v) is 23.1. The molecule has 0 aliphatic heterocycles. The summed E-state index contributed by atoms with van der Waals surface area (Å²) >= 11 is 0. The third-order valence-corrected chi connectivity index (χ3v) is 5.04. The van der Waals surface area contributed by atoms with Gasteiger partial charge in [-0.2, -0.15) is 0 Å². The van der Waals surface area contributed by atoms with E-state index in [0.717, 1.165) is 11.1 Å². The summed E-state index contributed by atoms with van der Waals surface area (Å²) in [7, 11) is 0. The van der Waals surface area contributed by atoms with E-state index < -0.39 is 0 Å². The summed E-state index contributed by atoms with van der Waals surface area (Å²) in [5, 5.41) is 0. The second-order valence-electron chi connectivity index (χ2n) is 8.73. The highest BCUT2D eigenvalue weighted by Crippen LogP contribution is 2.20. The molecule has 6 nitrogen and oxygen atoms in total. The summed E-state index contributed by atoms with van der Waals surface area (Å²) in [5.74, 6) is 1.85. The molecule has 3 aromatic carbocycles. The van der Waals surface area contributed by atoms with Gasteiger partial charge in [-0.3, -0.25) is 9.98 Å². The first kappa shape index (κ1) is 31.7. The van der Waals surface area contributed by atoms with Gasteiger partial charge in [-0.05, 0) is 76.2 Å². The second kappa shape index (κ2) is 15.1. The van der Waals surface area contributed by atoms with Gasteiger partial charge in [0.15, 0.2) is 0 Å². The number of benzene rings is 3. The molecule has 3 rings (SSSR count). The summed E-state index contributed by atoms with van der Waals surface area (Å²) in [5.41, 5.74) is 14.5. The van der Waals surface area contributed by atoms with E-state index in [0.29, 0.717) is 34.3 Å². The van der Waals surface area contributed by atoms with E-state index in [-0.39, 0.29) is 55.9 Å². The molecule has 9 heteroatoms. The van der Waals surface area contributed by atoms with Crippen LogP contribution in [0.2, 0.25) is 0 Å². The minimum absolute atomic E-state index is 0. The van der Waals surface area contributed by atoms with E-state index >= 15 is 4.39 Å². The average Bonchev–Trinajstić information content (AvgIpc) is 2.82. The van der Waals surface area contributed by atoms with Crippen molar-refractivity contribution in [1.82, 2.24) is 0 Å². The van der Waals surface area contributed by atoms with Gasteiger partial charge in [-0.15, -0.1) is 24.8 Å². The number of nitrogens with zero attached hydrogens (tertiary/aromatic N) is 2. The number of amidine groups is 2. The molecule has 0 unspecified atom stereocenters. The third-order valence-electron chi connectivity index (χ3n) is 5.04. The summed E-state index contributed by atoms with van der Waals surface area (Å²) in [4.78, 5) is 8.67. The van der Waals surface area contributed by atoms with Crippen molar-refractivity contribution in [3.05, 3.63) is 94.8 Å². The van der Waals surface area contributed by atoms with Crippen LogP contribution in [0.15, 0.2) is 76.7 Å². The Hall–Kier alpha value is -3.29. The highest BCUT2D eigenvalue weighted by molar-refractivity contribution is 5.98. The fraction of sp³-hybridized carbons (Fsp3) is 0.286. The monoisotopic (exact) mass is 548 g/mol. The van der Waals surface area contributed by atoms with Gasteiger partial charge in [0.2, 0.25) is 0 Å². The maximum absolute atomic E-state index is 15.0. The predicted octanol–water partition coefficient (Wildman–Crippen LogP) is 6.05. The second-order valence-corrected chi connectivity index (χ2v) is 8.73. The van der Waals surface area contributed by atoms with Crippen LogP contribution < -0.4 is 20.9 Å². The maximum Gasteiger partial charge on any atom is 0.136 e. The molecule has 0 spiro atoms. The van der Waals surface area contributed by atoms with Gasteiger partial charge in [0.25, 0.3) is 0 Å². The molecule has 0 saturated carbocycles. The molecule has 0 aliphatic rings. The van der Waals surface area contributed by atoms with Crippen molar-refractivity contribution >= 4 is 36.5 Å². The van der Waals surface area contributed by atoms with Gasteiger partial charge in [0, 0.05) is 34.3 Å². The number of aliphatic imine (C=N–C) groups is 2. The standard InChI is InChI=1S/C28H33FN4O2.2ClH/c1-18(2)32-27(30)20-8-12-24(13-9-20)34-16-22-6-5-7-23(26(22)29)17-35-25-14-10-21(11-15-25)28(31)33-19(3)4;;/h5-15,18-19H,16-17H2,1-4H3,(H2,30,32)(H2,31,33);2*1H. The lowest BCUT2D eigenvalue weighted by atomic mass is 10.1. The minimum Gasteiger partial charge on any atom is -0.489 e. The van der Waals surface area contributed by atoms with Crippen molar-refractivity contribution in [2.45, 2.75) is 53.0 Å². The van der Waals surface area contributed by atoms with Crippen molar-refractivity contribution in [3.63, 3.8) is 0 Å². The van der Waals surface area contributed by atoms with Crippen molar-refractivity contribution < 1.29 is 13.9 Å². The molecular formula is C28H35Cl2FN4O2. The molecular weight excluding hydrogens is 514 g/mol. The average molecular weight is 550 g/mol. The first-order chi connectivity index (χ1) is 16.7. The Morgan fingerprint density at radius 2 is 1.03 bits per heavy atom. The molecule has 0 aliphatic carbocycles. The Morgan fingerprint density at radius 1 is 0.676 bits per heavy atom. The third kappa shape index (κ3) is 9.59. The summed E-state index contributed by atoms with van der Waals surface area (Å²) < 4.78 is 26.6. The Kier molecular flexibility index (Phi) is 12.9. The number of ether oxygens (including phenoxy) is 2. The lowest BCUT2D eigenvalue weighted by Gasteiger charge is -2.12. The lowest BCUT2D eigenvalue weighted by Crippen LogP contribution is -2.15. The van der Waals surface area contributed by atoms with Crippen LogP contribution >= 0.6 is 24.8 Å². The molecule has 0 aromatic heterocycles. The van der Waals surface area contributed by atoms with E-state index in [4.69, 9.17) is 20.9 Å². The number of hydrogen-bond acceptors (Lipinski definition) is 4. The first-order valence-corrected chi connectivity index (χ1v) is 11.6. The predicted molar refractivity (Wildman–Crippen MR) is 154 cm³/mol. The molecule has 0 radical (unpaired) electrons. The fourth-order valence-corrected chi connectivity index (χ4v) is 3.33. The summed E-state index contributed by atoms with van der Waals surface area (Å²) in [6.07, 6.45) is 0. The molecule has 0 fully saturated rings. The molecule has 37 heavy (non-hydrogen) atoms. The van der Waals surface area contributed by atoms with Gasteiger partial charge in [0.05, 0.1) is 0 Å². The normalized spacial score (nSPS) is 11.6. The minimum atomic E-state index is -0.345. The van der Waals surface area contributed by atoms with Gasteiger partial charge in [-0.25, -0.2) is 4.39 Å². The van der Waals surface area contributed by atoms with Gasteiger partial charge in [-0.1, -0.05) is 18.2 Å². The molecule has 3 aromatic rings. The number of nitrogens with two attached hydrogens (primary N) is 2. The van der Waals surface area contributed by atoms with Crippen LogP contribution in [-0.2, 0) is 13.2 Å². The van der Waals surface area contributed by atoms with Crippen molar-refractivity contribution in [2.75, 3.05) is 0 Å². The van der Waals surface area contributed by atoms with Crippen LogP contribution in [0.4, 0.5) is 4.39 Å². The Balaban J connectivity index is 0.00000342. The zero-order valence-electron chi connectivity index (χ0n) is 21.5. The summed E-state index contributed by atoms with van der Waals surface area (Å²) in [6.45, 7) is 8.06. The maximum atomic E-state index is 15.0. The lowest BCUT2D eigenvalue weighted by molar-refractivity contribution is 0.287. The topological polar surface area (TPSA) is 95.2 Å². The summed E-state index contributed by atoms with van der Waals surface area (Å²) in [6, 6.07) is 20.0. The molecule has 0 bridgehead atoms. The van der Waals surface area contributed by atoms with Crippen LogP contribution in [0.25, 0.3) is 0 Å². The quantitative estimate of drug-likeness (QED) is 0.238. The SMILES string of the molecule is CC(C)N=C(N)c1ccc(OCc2cccc(COc3ccc(C(N)=NC(C)C)cc3)c2F)cc1.Cl.Cl. The number of hydrogen-bond donors (Lipinski definition) is 2. The van der Waals surface area contributed by atoms with E-state index in [9.17, 15) is 0 Å². The van der Waals surface area contributed by atoms with Gasteiger partial charge < -0.3 is 20.9 Å². The van der Waals surface area contributed by atoms with Crippen LogP contribution in [0.1, 0.15) is 49.9 Å². The van der Waals surface area contributed by atoms with E-state index in [1.807, 2.05) is 52.0 Å². The van der Waals surface area contributed by atoms with E-state index in [1.165, 1.54) is 0 Å². The fourth-order valence-electron chi connectivity index (χ4n) is 3.33. The number of rotatable bonds is 10. The van der Waals surface area contributed by atoms with E-state index in [2.05, 4.69) is 9.98 Å². The zero-order chi connectivity index (χ0) is 25.4. The molecule has 0 amide bonds. The number of halogens is 3. The largest absolute Gasteiger partial charge is 0.489 e. The molecule has 0 saturated heterocycles.